The molecule has 372 valence electrons. The van der Waals surface area contributed by atoms with Gasteiger partial charge < -0.3 is 0 Å². The summed E-state index contributed by atoms with van der Waals surface area (Å²) in [6.07, 6.45) is -6.22. The van der Waals surface area contributed by atoms with Gasteiger partial charge in [-0.3, -0.25) is 0 Å². The van der Waals surface area contributed by atoms with Crippen molar-refractivity contribution in [3.8, 4) is 0 Å². The zero-order valence-corrected chi connectivity index (χ0v) is 37.6. The molecule has 0 saturated carbocycles. The maximum atomic E-state index is 15.4. The maximum absolute atomic E-state index is 15.4. The minimum absolute atomic E-state index is 0.993. The van der Waals surface area contributed by atoms with Crippen LogP contribution in [0.5, 0.6) is 0 Å². The van der Waals surface area contributed by atoms with Crippen LogP contribution in [0.3, 0.4) is 0 Å². The predicted molar refractivity (Wildman–Crippen MR) is 232 cm³/mol. The van der Waals surface area contributed by atoms with Gasteiger partial charge in [0.1, 0.15) is 75.9 Å². The van der Waals surface area contributed by atoms with Gasteiger partial charge in [0.25, 0.3) is 0 Å². The summed E-state index contributed by atoms with van der Waals surface area (Å²) in [6.45, 7) is 0. The SMILES string of the molecule is Brc1ccccc1C[P+](c1ccccc1)(c1ccccc1)c1ccccc1.Fc1c(F)c(F)c([B-](c2c(F)c(F)c(F)c(F)c2F)(c2c(F)c(F)c(F)c(F)c2F)c2c(F)c(F)c(F)c(F)c2F)c(F)c1F. The van der Waals surface area contributed by atoms with Crippen LogP contribution in [0.4, 0.5) is 87.8 Å². The van der Waals surface area contributed by atoms with E-state index in [0.29, 0.717) is 0 Å². The van der Waals surface area contributed by atoms with Crippen LogP contribution in [-0.2, 0) is 6.16 Å². The number of hydrogen-bond donors (Lipinski definition) is 0. The largest absolute Gasteiger partial charge is 0.207 e. The number of hydrogen-bond acceptors (Lipinski definition) is 0. The second kappa shape index (κ2) is 20.5. The normalized spacial score (nSPS) is 11.7. The fraction of sp³-hybridized carbons (Fsp3) is 0.0204. The van der Waals surface area contributed by atoms with Gasteiger partial charge in [-0.05, 0) is 42.5 Å². The van der Waals surface area contributed by atoms with Gasteiger partial charge >= 0.3 is 0 Å². The van der Waals surface area contributed by atoms with Crippen molar-refractivity contribution in [1.82, 2.24) is 0 Å². The molecule has 72 heavy (non-hydrogen) atoms. The first kappa shape index (κ1) is 53.1. The molecule has 0 aliphatic rings. The van der Waals surface area contributed by atoms with Gasteiger partial charge in [0, 0.05) is 10.0 Å². The highest BCUT2D eigenvalue weighted by molar-refractivity contribution is 9.10. The molecule has 0 radical (unpaired) electrons. The van der Waals surface area contributed by atoms with Crippen molar-refractivity contribution in [3.05, 3.63) is 242 Å². The Balaban J connectivity index is 0.000000238. The Hall–Kier alpha value is -6.67. The monoisotopic (exact) mass is 1110 g/mol. The quantitative estimate of drug-likeness (QED) is 0.0444. The standard InChI is InChI=1S/C25H21BrP.C24BF20/c26-25-19-11-10-12-21(25)20-27(22-13-4-1-5-14-22,23-15-6-2-7-16-23)24-17-8-3-9-18-24;26-5-1(6(27)14(35)21(42)13(5)34)25(2-7(28)15(36)22(43)16(37)8(2)29,3-9(30)17(38)23(44)18(39)10(3)31)4-11(32)19(40)24(45)20(41)12(4)33/h1-19H,20H2;/q+1;-1. The molecule has 23 heteroatoms. The molecule has 0 saturated heterocycles. The van der Waals surface area contributed by atoms with Crippen molar-refractivity contribution < 1.29 is 87.8 Å². The lowest BCUT2D eigenvalue weighted by Gasteiger charge is -2.44. The highest BCUT2D eigenvalue weighted by Crippen LogP contribution is 2.58. The van der Waals surface area contributed by atoms with Gasteiger partial charge in [0.05, 0.1) is 6.16 Å². The van der Waals surface area contributed by atoms with Gasteiger partial charge in [-0.2, -0.15) is 0 Å². The first-order chi connectivity index (χ1) is 34.0. The zero-order chi connectivity index (χ0) is 52.9. The van der Waals surface area contributed by atoms with E-state index < -0.39 is 152 Å². The number of halogens is 21. The minimum atomic E-state index is -7.22. The Morgan fingerprint density at radius 1 is 0.264 bits per heavy atom. The van der Waals surface area contributed by atoms with E-state index in [2.05, 4.69) is 131 Å². The van der Waals surface area contributed by atoms with E-state index in [1.165, 1.54) is 25.9 Å². The summed E-state index contributed by atoms with van der Waals surface area (Å²) in [5.41, 5.74) is -13.0. The highest BCUT2D eigenvalue weighted by Gasteiger charge is 2.52. The molecule has 8 aromatic rings. The fourth-order valence-corrected chi connectivity index (χ4v) is 13.4. The lowest BCUT2D eigenvalue weighted by molar-refractivity contribution is 0.378. The third-order valence-corrected chi connectivity index (χ3v) is 16.8. The summed E-state index contributed by atoms with van der Waals surface area (Å²) in [7, 11) is -1.83. The van der Waals surface area contributed by atoms with Crippen molar-refractivity contribution in [2.75, 3.05) is 0 Å². The van der Waals surface area contributed by atoms with Crippen LogP contribution in [0.15, 0.2) is 120 Å². The van der Waals surface area contributed by atoms with E-state index in [-0.39, 0.29) is 0 Å². The molecule has 0 spiro atoms. The first-order valence-corrected chi connectivity index (χ1v) is 22.8. The molecule has 0 bridgehead atoms. The average Bonchev–Trinajstić information content (AvgIpc) is 3.39. The third-order valence-electron chi connectivity index (χ3n) is 11.7. The van der Waals surface area contributed by atoms with Crippen molar-refractivity contribution in [2.24, 2.45) is 0 Å². The maximum Gasteiger partial charge on any atom is 0.200 e. The number of benzene rings is 8. The molecule has 0 fully saturated rings. The van der Waals surface area contributed by atoms with Crippen LogP contribution >= 0.6 is 23.2 Å². The van der Waals surface area contributed by atoms with E-state index in [1.807, 2.05) is 0 Å². The van der Waals surface area contributed by atoms with Crippen LogP contribution in [0.1, 0.15) is 5.56 Å². The molecular formula is C49H21BBrF20P. The summed E-state index contributed by atoms with van der Waals surface area (Å²) in [4.78, 5) is 0. The molecule has 0 aliphatic heterocycles. The van der Waals surface area contributed by atoms with E-state index in [0.717, 1.165) is 6.16 Å². The Morgan fingerprint density at radius 2 is 0.458 bits per heavy atom. The van der Waals surface area contributed by atoms with Gasteiger partial charge in [0.15, 0.2) is 69.8 Å². The fourth-order valence-electron chi connectivity index (χ4n) is 8.52. The second-order valence-corrected chi connectivity index (χ2v) is 19.7. The van der Waals surface area contributed by atoms with Crippen molar-refractivity contribution >= 4 is 67.1 Å². The second-order valence-electron chi connectivity index (χ2n) is 15.4. The first-order valence-electron chi connectivity index (χ1n) is 20.0. The number of rotatable bonds is 9. The van der Waals surface area contributed by atoms with Crippen LogP contribution < -0.4 is 37.8 Å². The van der Waals surface area contributed by atoms with Crippen LogP contribution in [0.2, 0.25) is 0 Å². The third kappa shape index (κ3) is 8.38. The molecule has 0 N–H and O–H groups in total. The molecular weight excluding hydrogens is 1090 g/mol. The smallest absolute Gasteiger partial charge is 0.200 e. The lowest BCUT2D eigenvalue weighted by atomic mass is 9.12. The Labute approximate surface area is 401 Å². The van der Waals surface area contributed by atoms with Gasteiger partial charge in [0.2, 0.25) is 0 Å². The summed E-state index contributed by atoms with van der Waals surface area (Å²) >= 11 is 3.78. The summed E-state index contributed by atoms with van der Waals surface area (Å²) in [5, 5.41) is 4.24. The topological polar surface area (TPSA) is 0 Å². The molecule has 8 aromatic carbocycles. The minimum Gasteiger partial charge on any atom is -0.207 e. The molecule has 0 nitrogen and oxygen atoms in total. The highest BCUT2D eigenvalue weighted by atomic mass is 79.9. The molecule has 0 heterocycles. The summed E-state index contributed by atoms with van der Waals surface area (Å²) < 4.78 is 295. The van der Waals surface area contributed by atoms with Gasteiger partial charge in [-0.25, -0.2) is 87.8 Å². The van der Waals surface area contributed by atoms with Crippen LogP contribution in [0.25, 0.3) is 0 Å². The molecule has 0 aliphatic carbocycles. The molecule has 0 atom stereocenters. The molecule has 0 amide bonds. The van der Waals surface area contributed by atoms with E-state index >= 15 is 35.1 Å². The van der Waals surface area contributed by atoms with Crippen molar-refractivity contribution in [1.29, 1.82) is 0 Å². The molecule has 0 unspecified atom stereocenters. The summed E-state index contributed by atoms with van der Waals surface area (Å²) in [5.74, 6) is -71.4. The van der Waals surface area contributed by atoms with Crippen molar-refractivity contribution in [3.63, 3.8) is 0 Å². The zero-order valence-electron chi connectivity index (χ0n) is 35.1. The lowest BCUT2D eigenvalue weighted by Crippen LogP contribution is -2.81. The summed E-state index contributed by atoms with van der Waals surface area (Å²) in [6, 6.07) is 41.7. The van der Waals surface area contributed by atoms with Gasteiger partial charge in [-0.15, -0.1) is 21.9 Å². The molecule has 8 rings (SSSR count). The Bertz CT molecular complexity index is 2920. The van der Waals surface area contributed by atoms with Crippen molar-refractivity contribution in [2.45, 2.75) is 6.16 Å². The predicted octanol–water partition coefficient (Wildman–Crippen LogP) is 11.8. The Kier molecular flexibility index (Phi) is 15.1. The van der Waals surface area contributed by atoms with E-state index in [4.69, 9.17) is 0 Å². The van der Waals surface area contributed by atoms with Crippen LogP contribution in [0, 0.1) is 116 Å². The van der Waals surface area contributed by atoms with E-state index in [1.54, 1.807) is 0 Å². The Morgan fingerprint density at radius 3 is 0.681 bits per heavy atom. The van der Waals surface area contributed by atoms with Gasteiger partial charge in [-0.1, -0.05) is 88.7 Å². The average molecular weight is 1110 g/mol. The molecule has 0 aromatic heterocycles. The van der Waals surface area contributed by atoms with Crippen LogP contribution in [-0.4, -0.2) is 6.15 Å². The van der Waals surface area contributed by atoms with E-state index in [9.17, 15) is 52.7 Å².